The van der Waals surface area contributed by atoms with E-state index in [0.717, 1.165) is 0 Å². The zero-order valence-electron chi connectivity index (χ0n) is 9.86. The van der Waals surface area contributed by atoms with Gasteiger partial charge in [0.25, 0.3) is 5.91 Å². The van der Waals surface area contributed by atoms with Crippen LogP contribution in [-0.4, -0.2) is 42.6 Å². The van der Waals surface area contributed by atoms with Crippen LogP contribution in [0, 0.1) is 0 Å². The third-order valence-electron chi connectivity index (χ3n) is 2.34. The average molecular weight is 262 g/mol. The fourth-order valence-electron chi connectivity index (χ4n) is 1.39. The van der Waals surface area contributed by atoms with E-state index in [1.165, 1.54) is 18.3 Å². The molecule has 2 aromatic rings. The molecule has 2 aromatic heterocycles. The Morgan fingerprint density at radius 1 is 1.47 bits per heavy atom. The Kier molecular flexibility index (Phi) is 3.46. The molecule has 9 heteroatoms. The fourth-order valence-corrected chi connectivity index (χ4v) is 1.39. The summed E-state index contributed by atoms with van der Waals surface area (Å²) in [6, 6.07) is 2.17. The number of tetrazole rings is 1. The minimum absolute atomic E-state index is 0.195. The first-order valence-electron chi connectivity index (χ1n) is 5.31. The van der Waals surface area contributed by atoms with Gasteiger partial charge in [-0.25, -0.2) is 9.78 Å². The maximum absolute atomic E-state index is 11.9. The van der Waals surface area contributed by atoms with Crippen LogP contribution in [0.5, 0.6) is 0 Å². The Morgan fingerprint density at radius 2 is 2.26 bits per heavy atom. The highest BCUT2D eigenvalue weighted by atomic mass is 16.4. The minimum atomic E-state index is -1.19. The van der Waals surface area contributed by atoms with Crippen molar-refractivity contribution in [3.8, 4) is 0 Å². The molecular formula is C10H10N6O3. The molecule has 0 aliphatic heterocycles. The molecule has 3 N–H and O–H groups in total. The van der Waals surface area contributed by atoms with E-state index in [1.807, 2.05) is 0 Å². The lowest BCUT2D eigenvalue weighted by Gasteiger charge is -2.09. The second-order valence-corrected chi connectivity index (χ2v) is 3.70. The number of pyridine rings is 1. The van der Waals surface area contributed by atoms with Crippen molar-refractivity contribution < 1.29 is 14.7 Å². The van der Waals surface area contributed by atoms with Crippen molar-refractivity contribution in [1.82, 2.24) is 30.9 Å². The van der Waals surface area contributed by atoms with Crippen LogP contribution in [0.1, 0.15) is 39.6 Å². The SMILES string of the molecule is CC(NC(=O)c1ccnc(C(=O)O)c1)c1nn[nH]n1. The Balaban J connectivity index is 2.12. The van der Waals surface area contributed by atoms with Gasteiger partial charge >= 0.3 is 5.97 Å². The van der Waals surface area contributed by atoms with Gasteiger partial charge in [-0.3, -0.25) is 4.79 Å². The average Bonchev–Trinajstić information content (AvgIpc) is 2.92. The Bertz CT molecular complexity index is 597. The number of carboxylic acids is 1. The van der Waals surface area contributed by atoms with Gasteiger partial charge in [0.1, 0.15) is 5.69 Å². The van der Waals surface area contributed by atoms with Crippen LogP contribution < -0.4 is 5.32 Å². The first-order chi connectivity index (χ1) is 9.08. The molecule has 0 aromatic carbocycles. The summed E-state index contributed by atoms with van der Waals surface area (Å²) >= 11 is 0. The molecule has 0 spiro atoms. The largest absolute Gasteiger partial charge is 0.477 e. The van der Waals surface area contributed by atoms with Crippen LogP contribution in [0.2, 0.25) is 0 Å². The number of aromatic amines is 1. The molecule has 0 aliphatic rings. The Hall–Kier alpha value is -2.84. The smallest absolute Gasteiger partial charge is 0.354 e. The van der Waals surface area contributed by atoms with E-state index in [9.17, 15) is 9.59 Å². The first-order valence-corrected chi connectivity index (χ1v) is 5.31. The lowest BCUT2D eigenvalue weighted by atomic mass is 10.2. The van der Waals surface area contributed by atoms with E-state index in [1.54, 1.807) is 6.92 Å². The van der Waals surface area contributed by atoms with E-state index < -0.39 is 17.9 Å². The summed E-state index contributed by atoms with van der Waals surface area (Å²) in [4.78, 5) is 26.3. The molecule has 1 atom stereocenters. The number of aromatic carboxylic acids is 1. The molecule has 0 radical (unpaired) electrons. The van der Waals surface area contributed by atoms with Crippen LogP contribution in [-0.2, 0) is 0 Å². The number of aromatic nitrogens is 5. The van der Waals surface area contributed by atoms with E-state index in [-0.39, 0.29) is 11.3 Å². The van der Waals surface area contributed by atoms with Gasteiger partial charge in [-0.15, -0.1) is 10.2 Å². The standard InChI is InChI=1S/C10H10N6O3/c1-5(8-13-15-16-14-8)12-9(17)6-2-3-11-7(4-6)10(18)19/h2-5H,1H3,(H,12,17)(H,18,19)(H,13,14,15,16). The number of amides is 1. The molecule has 2 rings (SSSR count). The quantitative estimate of drug-likeness (QED) is 0.693. The van der Waals surface area contributed by atoms with Gasteiger partial charge in [0, 0.05) is 11.8 Å². The van der Waals surface area contributed by atoms with Crippen molar-refractivity contribution in [2.45, 2.75) is 13.0 Å². The molecule has 0 saturated carbocycles. The molecule has 1 unspecified atom stereocenters. The van der Waals surface area contributed by atoms with Crippen LogP contribution >= 0.6 is 0 Å². The molecule has 19 heavy (non-hydrogen) atoms. The Labute approximate surface area is 107 Å². The number of carboxylic acid groups (broad SMARTS) is 1. The molecule has 1 amide bonds. The third kappa shape index (κ3) is 2.89. The zero-order chi connectivity index (χ0) is 13.8. The van der Waals surface area contributed by atoms with Crippen LogP contribution in [0.25, 0.3) is 0 Å². The highest BCUT2D eigenvalue weighted by molar-refractivity contribution is 5.96. The van der Waals surface area contributed by atoms with Gasteiger partial charge in [0.05, 0.1) is 6.04 Å². The van der Waals surface area contributed by atoms with E-state index in [4.69, 9.17) is 5.11 Å². The number of nitrogens with one attached hydrogen (secondary N) is 2. The van der Waals surface area contributed by atoms with Crippen molar-refractivity contribution in [1.29, 1.82) is 0 Å². The van der Waals surface area contributed by atoms with Crippen molar-refractivity contribution in [3.63, 3.8) is 0 Å². The highest BCUT2D eigenvalue weighted by Gasteiger charge is 2.16. The number of nitrogens with zero attached hydrogens (tertiary/aromatic N) is 4. The summed E-state index contributed by atoms with van der Waals surface area (Å²) < 4.78 is 0. The van der Waals surface area contributed by atoms with Gasteiger partial charge in [-0.1, -0.05) is 5.21 Å². The summed E-state index contributed by atoms with van der Waals surface area (Å²) in [6.45, 7) is 1.68. The minimum Gasteiger partial charge on any atom is -0.477 e. The maximum Gasteiger partial charge on any atom is 0.354 e. The second kappa shape index (κ2) is 5.21. The maximum atomic E-state index is 11.9. The summed E-state index contributed by atoms with van der Waals surface area (Å²) in [7, 11) is 0. The second-order valence-electron chi connectivity index (χ2n) is 3.70. The van der Waals surface area contributed by atoms with Gasteiger partial charge in [0.2, 0.25) is 0 Å². The van der Waals surface area contributed by atoms with Crippen LogP contribution in [0.15, 0.2) is 18.3 Å². The number of carbonyl (C=O) groups is 2. The number of rotatable bonds is 4. The number of hydrogen-bond donors (Lipinski definition) is 3. The number of H-pyrrole nitrogens is 1. The van der Waals surface area contributed by atoms with Crippen molar-refractivity contribution >= 4 is 11.9 Å². The third-order valence-corrected chi connectivity index (χ3v) is 2.34. The monoisotopic (exact) mass is 262 g/mol. The van der Waals surface area contributed by atoms with Gasteiger partial charge in [0.15, 0.2) is 5.82 Å². The van der Waals surface area contributed by atoms with Crippen molar-refractivity contribution in [2.24, 2.45) is 0 Å². The normalized spacial score (nSPS) is 11.8. The van der Waals surface area contributed by atoms with Crippen LogP contribution in [0.3, 0.4) is 0 Å². The first kappa shape index (κ1) is 12.6. The topological polar surface area (TPSA) is 134 Å². The molecule has 0 aliphatic carbocycles. The predicted molar refractivity (Wildman–Crippen MR) is 61.3 cm³/mol. The van der Waals surface area contributed by atoms with Gasteiger partial charge in [-0.05, 0) is 19.1 Å². The summed E-state index contributed by atoms with van der Waals surface area (Å²) in [5.41, 5.74) is 0.00242. The lowest BCUT2D eigenvalue weighted by molar-refractivity contribution is 0.0690. The van der Waals surface area contributed by atoms with E-state index in [0.29, 0.717) is 5.82 Å². The summed E-state index contributed by atoms with van der Waals surface area (Å²) in [5.74, 6) is -1.30. The number of carbonyl (C=O) groups excluding carboxylic acids is 1. The molecule has 9 nitrogen and oxygen atoms in total. The molecule has 0 saturated heterocycles. The highest BCUT2D eigenvalue weighted by Crippen LogP contribution is 2.07. The van der Waals surface area contributed by atoms with Gasteiger partial charge < -0.3 is 10.4 Å². The lowest BCUT2D eigenvalue weighted by Crippen LogP contribution is -2.27. The Morgan fingerprint density at radius 3 is 2.89 bits per heavy atom. The predicted octanol–water partition coefficient (Wildman–Crippen LogP) is -0.216. The molecular weight excluding hydrogens is 252 g/mol. The fraction of sp³-hybridized carbons (Fsp3) is 0.200. The molecule has 0 bridgehead atoms. The molecule has 0 fully saturated rings. The molecule has 2 heterocycles. The van der Waals surface area contributed by atoms with Crippen molar-refractivity contribution in [2.75, 3.05) is 0 Å². The van der Waals surface area contributed by atoms with Crippen molar-refractivity contribution in [3.05, 3.63) is 35.4 Å². The summed E-state index contributed by atoms with van der Waals surface area (Å²) in [6.07, 6.45) is 1.26. The van der Waals surface area contributed by atoms with Gasteiger partial charge in [-0.2, -0.15) is 5.21 Å². The van der Waals surface area contributed by atoms with E-state index in [2.05, 4.69) is 30.9 Å². The van der Waals surface area contributed by atoms with E-state index >= 15 is 0 Å². The summed E-state index contributed by atoms with van der Waals surface area (Å²) in [5, 5.41) is 24.6. The zero-order valence-corrected chi connectivity index (χ0v) is 9.86. The number of hydrogen-bond acceptors (Lipinski definition) is 6. The van der Waals surface area contributed by atoms with Crippen LogP contribution in [0.4, 0.5) is 0 Å². The molecule has 98 valence electrons.